The molecule has 1 aliphatic rings. The van der Waals surface area contributed by atoms with Gasteiger partial charge < -0.3 is 25.4 Å². The van der Waals surface area contributed by atoms with Gasteiger partial charge in [0.25, 0.3) is 0 Å². The van der Waals surface area contributed by atoms with Crippen LogP contribution in [0, 0.1) is 0 Å². The molecule has 0 unspecified atom stereocenters. The molecule has 1 saturated heterocycles. The number of halogens is 3. The van der Waals surface area contributed by atoms with E-state index >= 15 is 0 Å². The Balaban J connectivity index is 2.85. The van der Waals surface area contributed by atoms with E-state index in [0.29, 0.717) is 0 Å². The lowest BCUT2D eigenvalue weighted by Crippen LogP contribution is -2.58. The lowest BCUT2D eigenvalue weighted by atomic mass is 9.98. The molecule has 1 aliphatic heterocycles. The molecule has 7 nitrogen and oxygen atoms in total. The van der Waals surface area contributed by atoms with E-state index in [1.807, 2.05) is 0 Å². The van der Waals surface area contributed by atoms with Gasteiger partial charge in [0.2, 0.25) is 0 Å². The van der Waals surface area contributed by atoms with Crippen molar-refractivity contribution < 1.29 is 33.2 Å². The molecule has 0 aromatic rings. The van der Waals surface area contributed by atoms with Crippen LogP contribution in [0.2, 0.25) is 0 Å². The van der Waals surface area contributed by atoms with Gasteiger partial charge in [0.15, 0.2) is 0 Å². The predicted molar refractivity (Wildman–Crippen MR) is 72.6 cm³/mol. The molecule has 0 amide bonds. The van der Waals surface area contributed by atoms with Gasteiger partial charge in [-0.15, -0.1) is 0 Å². The molecule has 126 valence electrons. The molecular weight excluding hydrogens is 307 g/mol. The zero-order valence-corrected chi connectivity index (χ0v) is 11.8. The molecule has 0 radical (unpaired) electrons. The van der Waals surface area contributed by atoms with E-state index in [-0.39, 0.29) is 12.4 Å². The molecule has 0 aromatic carbocycles. The maximum atomic E-state index is 12.5. The first-order chi connectivity index (χ1) is 10.2. The Hall–Kier alpha value is -1.49. The number of rotatable bonds is 5. The zero-order valence-electron chi connectivity index (χ0n) is 11.8. The van der Waals surface area contributed by atoms with Crippen molar-refractivity contribution in [2.75, 3.05) is 13.2 Å². The summed E-state index contributed by atoms with van der Waals surface area (Å²) >= 11 is 0. The van der Waals surface area contributed by atoms with Crippen molar-refractivity contribution in [1.29, 1.82) is 0 Å². The van der Waals surface area contributed by atoms with Crippen molar-refractivity contribution in [3.63, 3.8) is 0 Å². The first-order valence-corrected chi connectivity index (χ1v) is 6.34. The van der Waals surface area contributed by atoms with Gasteiger partial charge in [0.05, 0.1) is 25.5 Å². The Bertz CT molecular complexity index is 453. The van der Waals surface area contributed by atoms with Crippen LogP contribution in [0.3, 0.4) is 0 Å². The molecule has 0 spiro atoms. The Labute approximate surface area is 124 Å². The third-order valence-electron chi connectivity index (χ3n) is 3.06. The first-order valence-electron chi connectivity index (χ1n) is 6.34. The van der Waals surface area contributed by atoms with Crippen LogP contribution < -0.4 is 5.32 Å². The molecule has 1 rings (SSSR count). The monoisotopic (exact) mass is 325 g/mol. The van der Waals surface area contributed by atoms with Crippen LogP contribution in [0.4, 0.5) is 13.2 Å². The van der Waals surface area contributed by atoms with Crippen molar-refractivity contribution >= 4 is 12.4 Å². The summed E-state index contributed by atoms with van der Waals surface area (Å²) in [5.74, 6) is -0.285. The fraction of sp³-hybridized carbons (Fsp3) is 0.667. The summed E-state index contributed by atoms with van der Waals surface area (Å²) in [6.07, 6.45) is -7.36. The topological polar surface area (TPSA) is 107 Å². The molecule has 0 saturated carbocycles. The van der Waals surface area contributed by atoms with Gasteiger partial charge in [-0.25, -0.2) is 4.99 Å². The SMILES string of the molecule is C=N/C=C(\N=C(C)C(F)(F)F)N[C@H]1CO[C@H](CO)[C@H](O)[C@@H]1O. The minimum absolute atomic E-state index is 0.140. The second-order valence-corrected chi connectivity index (χ2v) is 4.68. The molecule has 4 atom stereocenters. The molecular formula is C12H18F3N3O4. The van der Waals surface area contributed by atoms with E-state index in [1.54, 1.807) is 0 Å². The van der Waals surface area contributed by atoms with Crippen molar-refractivity contribution in [1.82, 2.24) is 5.32 Å². The number of ether oxygens (including phenoxy) is 1. The van der Waals surface area contributed by atoms with E-state index < -0.39 is 42.8 Å². The van der Waals surface area contributed by atoms with Crippen LogP contribution in [0.15, 0.2) is 22.0 Å². The van der Waals surface area contributed by atoms with E-state index in [9.17, 15) is 23.4 Å². The zero-order chi connectivity index (χ0) is 16.9. The highest BCUT2D eigenvalue weighted by molar-refractivity contribution is 5.88. The van der Waals surface area contributed by atoms with E-state index in [0.717, 1.165) is 13.1 Å². The van der Waals surface area contributed by atoms with Gasteiger partial charge in [0, 0.05) is 0 Å². The smallest absolute Gasteiger partial charge is 0.394 e. The average molecular weight is 325 g/mol. The first kappa shape index (κ1) is 18.6. The van der Waals surface area contributed by atoms with Gasteiger partial charge in [-0.2, -0.15) is 13.2 Å². The minimum atomic E-state index is -4.61. The predicted octanol–water partition coefficient (Wildman–Crippen LogP) is -0.420. The summed E-state index contributed by atoms with van der Waals surface area (Å²) in [6, 6.07) is -0.921. The second kappa shape index (κ2) is 7.68. The summed E-state index contributed by atoms with van der Waals surface area (Å²) < 4.78 is 42.6. The number of alkyl halides is 3. The minimum Gasteiger partial charge on any atom is -0.394 e. The van der Waals surface area contributed by atoms with Gasteiger partial charge in [-0.05, 0) is 13.6 Å². The van der Waals surface area contributed by atoms with Crippen LogP contribution in [0.5, 0.6) is 0 Å². The molecule has 0 bridgehead atoms. The lowest BCUT2D eigenvalue weighted by molar-refractivity contribution is -0.160. The molecule has 1 heterocycles. The Morgan fingerprint density at radius 3 is 2.55 bits per heavy atom. The fourth-order valence-corrected chi connectivity index (χ4v) is 1.79. The molecule has 10 heteroatoms. The summed E-state index contributed by atoms with van der Waals surface area (Å²) in [5, 5.41) is 31.1. The third kappa shape index (κ3) is 4.77. The summed E-state index contributed by atoms with van der Waals surface area (Å²) in [7, 11) is 0. The van der Waals surface area contributed by atoms with Crippen LogP contribution >= 0.6 is 0 Å². The molecule has 22 heavy (non-hydrogen) atoms. The van der Waals surface area contributed by atoms with Gasteiger partial charge in [0.1, 0.15) is 29.8 Å². The normalized spacial score (nSPS) is 31.0. The van der Waals surface area contributed by atoms with Gasteiger partial charge in [-0.3, -0.25) is 4.99 Å². The van der Waals surface area contributed by atoms with E-state index in [4.69, 9.17) is 9.84 Å². The molecule has 0 aliphatic carbocycles. The fourth-order valence-electron chi connectivity index (χ4n) is 1.79. The van der Waals surface area contributed by atoms with Crippen molar-refractivity contribution in [3.05, 3.63) is 12.0 Å². The van der Waals surface area contributed by atoms with Crippen molar-refractivity contribution in [2.24, 2.45) is 9.98 Å². The Morgan fingerprint density at radius 1 is 1.41 bits per heavy atom. The quantitative estimate of drug-likeness (QED) is 0.514. The van der Waals surface area contributed by atoms with Crippen molar-refractivity contribution in [3.8, 4) is 0 Å². The maximum absolute atomic E-state index is 12.5. The number of hydrogen-bond donors (Lipinski definition) is 4. The van der Waals surface area contributed by atoms with Crippen LogP contribution in [-0.4, -0.2) is 71.5 Å². The highest BCUT2D eigenvalue weighted by atomic mass is 19.4. The molecule has 1 fully saturated rings. The third-order valence-corrected chi connectivity index (χ3v) is 3.06. The Morgan fingerprint density at radius 2 is 2.05 bits per heavy atom. The summed E-state index contributed by atoms with van der Waals surface area (Å²) in [5.41, 5.74) is -1.12. The number of aliphatic hydroxyl groups excluding tert-OH is 3. The average Bonchev–Trinajstić information content (AvgIpc) is 2.43. The van der Waals surface area contributed by atoms with Crippen LogP contribution in [-0.2, 0) is 4.74 Å². The largest absolute Gasteiger partial charge is 0.429 e. The number of nitrogens with zero attached hydrogens (tertiary/aromatic N) is 2. The Kier molecular flexibility index (Phi) is 6.48. The van der Waals surface area contributed by atoms with Crippen LogP contribution in [0.1, 0.15) is 6.92 Å². The molecule has 4 N–H and O–H groups in total. The number of nitrogens with one attached hydrogen (secondary N) is 1. The van der Waals surface area contributed by atoms with E-state index in [1.165, 1.54) is 0 Å². The van der Waals surface area contributed by atoms with E-state index in [2.05, 4.69) is 22.0 Å². The number of aliphatic hydroxyl groups is 3. The highest BCUT2D eigenvalue weighted by Gasteiger charge is 2.38. The standard InChI is InChI=1S/C12H18F3N3O4/c1-6(12(13,14)15)17-9(3-16-2)18-7-5-22-8(4-19)11(21)10(7)20/h3,7-8,10-11,18-21H,2,4-5H2,1H3/b9-3+,17-6?/t7-,8+,10+,11-/m0/s1. The maximum Gasteiger partial charge on any atom is 0.429 e. The summed E-state index contributed by atoms with van der Waals surface area (Å²) in [4.78, 5) is 6.68. The summed E-state index contributed by atoms with van der Waals surface area (Å²) in [6.45, 7) is 3.28. The van der Waals surface area contributed by atoms with Gasteiger partial charge >= 0.3 is 6.18 Å². The van der Waals surface area contributed by atoms with Crippen LogP contribution in [0.25, 0.3) is 0 Å². The number of hydrogen-bond acceptors (Lipinski definition) is 7. The second-order valence-electron chi connectivity index (χ2n) is 4.68. The lowest BCUT2D eigenvalue weighted by Gasteiger charge is -2.37. The number of aliphatic imine (C=N–C) groups is 2. The highest BCUT2D eigenvalue weighted by Crippen LogP contribution is 2.19. The van der Waals surface area contributed by atoms with Gasteiger partial charge in [-0.1, -0.05) is 0 Å². The molecule has 0 aromatic heterocycles. The van der Waals surface area contributed by atoms with Crippen molar-refractivity contribution in [2.45, 2.75) is 37.5 Å².